The van der Waals surface area contributed by atoms with Crippen LogP contribution in [0.4, 0.5) is 5.69 Å². The first-order valence-corrected chi connectivity index (χ1v) is 8.18. The molecule has 0 spiro atoms. The highest BCUT2D eigenvalue weighted by Crippen LogP contribution is 2.21. The summed E-state index contributed by atoms with van der Waals surface area (Å²) in [7, 11) is -3.99. The van der Waals surface area contributed by atoms with Crippen molar-refractivity contribution in [1.29, 1.82) is 0 Å². The third-order valence-corrected chi connectivity index (χ3v) is 4.87. The zero-order chi connectivity index (χ0) is 16.2. The summed E-state index contributed by atoms with van der Waals surface area (Å²) in [6.45, 7) is 1.15. The SMILES string of the molecule is CC(=O)C(=NNc1ccccc1Cl)S(=O)(=O)c1ccccc1. The molecule has 0 atom stereocenters. The van der Waals surface area contributed by atoms with Gasteiger partial charge in [-0.3, -0.25) is 10.2 Å². The fourth-order valence-electron chi connectivity index (χ4n) is 1.70. The molecule has 2 rings (SSSR count). The molecule has 2 aromatic rings. The van der Waals surface area contributed by atoms with Crippen molar-refractivity contribution in [3.05, 3.63) is 59.6 Å². The van der Waals surface area contributed by atoms with E-state index < -0.39 is 20.7 Å². The lowest BCUT2D eigenvalue weighted by Crippen LogP contribution is -2.23. The molecule has 7 heteroatoms. The second-order valence-electron chi connectivity index (χ2n) is 4.38. The summed E-state index contributed by atoms with van der Waals surface area (Å²) < 4.78 is 24.9. The molecular formula is C15H13ClN2O3S. The molecule has 0 aliphatic heterocycles. The van der Waals surface area contributed by atoms with E-state index in [1.54, 1.807) is 42.5 Å². The molecule has 0 unspecified atom stereocenters. The van der Waals surface area contributed by atoms with Crippen molar-refractivity contribution in [3.63, 3.8) is 0 Å². The first kappa shape index (κ1) is 16.2. The van der Waals surface area contributed by atoms with Crippen molar-refractivity contribution in [2.75, 3.05) is 5.43 Å². The van der Waals surface area contributed by atoms with Crippen molar-refractivity contribution in [2.24, 2.45) is 5.10 Å². The molecule has 2 aromatic carbocycles. The van der Waals surface area contributed by atoms with E-state index in [1.165, 1.54) is 12.1 Å². The minimum absolute atomic E-state index is 0.00455. The Morgan fingerprint density at radius 2 is 1.64 bits per heavy atom. The van der Waals surface area contributed by atoms with Crippen molar-refractivity contribution in [1.82, 2.24) is 0 Å². The van der Waals surface area contributed by atoms with E-state index in [4.69, 9.17) is 11.6 Å². The average Bonchev–Trinajstić information content (AvgIpc) is 2.49. The highest BCUT2D eigenvalue weighted by Gasteiger charge is 2.26. The highest BCUT2D eigenvalue weighted by molar-refractivity contribution is 8.08. The highest BCUT2D eigenvalue weighted by atomic mass is 35.5. The van der Waals surface area contributed by atoms with E-state index in [0.29, 0.717) is 10.7 Å². The van der Waals surface area contributed by atoms with Crippen LogP contribution >= 0.6 is 11.6 Å². The van der Waals surface area contributed by atoms with E-state index in [0.717, 1.165) is 6.92 Å². The van der Waals surface area contributed by atoms with Crippen molar-refractivity contribution in [2.45, 2.75) is 11.8 Å². The van der Waals surface area contributed by atoms with Crippen LogP contribution in [0, 0.1) is 0 Å². The second kappa shape index (κ2) is 6.72. The van der Waals surface area contributed by atoms with Gasteiger partial charge in [0, 0.05) is 6.92 Å². The van der Waals surface area contributed by atoms with E-state index >= 15 is 0 Å². The summed E-state index contributed by atoms with van der Waals surface area (Å²) in [5.41, 5.74) is 2.93. The molecule has 114 valence electrons. The molecule has 0 fully saturated rings. The Morgan fingerprint density at radius 1 is 1.05 bits per heavy atom. The topological polar surface area (TPSA) is 75.6 Å². The number of anilines is 1. The number of nitrogens with one attached hydrogen (secondary N) is 1. The van der Waals surface area contributed by atoms with Gasteiger partial charge in [0.15, 0.2) is 5.78 Å². The summed E-state index contributed by atoms with van der Waals surface area (Å²) in [4.78, 5) is 11.7. The van der Waals surface area contributed by atoms with Gasteiger partial charge in [-0.1, -0.05) is 41.9 Å². The average molecular weight is 337 g/mol. The molecule has 0 saturated heterocycles. The number of Topliss-reactive ketones (excluding diaryl/α,β-unsaturated/α-hetero) is 1. The van der Waals surface area contributed by atoms with Crippen LogP contribution in [0.3, 0.4) is 0 Å². The van der Waals surface area contributed by atoms with Crippen LogP contribution in [0.1, 0.15) is 6.92 Å². The fraction of sp³-hybridized carbons (Fsp3) is 0.0667. The van der Waals surface area contributed by atoms with Gasteiger partial charge in [0.2, 0.25) is 14.9 Å². The lowest BCUT2D eigenvalue weighted by molar-refractivity contribution is -0.110. The van der Waals surface area contributed by atoms with Gasteiger partial charge in [-0.2, -0.15) is 5.10 Å². The van der Waals surface area contributed by atoms with Gasteiger partial charge in [0.1, 0.15) is 0 Å². The van der Waals surface area contributed by atoms with Gasteiger partial charge in [-0.25, -0.2) is 8.42 Å². The minimum atomic E-state index is -3.99. The van der Waals surface area contributed by atoms with Gasteiger partial charge in [-0.15, -0.1) is 0 Å². The van der Waals surface area contributed by atoms with E-state index in [-0.39, 0.29) is 4.90 Å². The number of rotatable bonds is 4. The molecule has 0 radical (unpaired) electrons. The maximum Gasteiger partial charge on any atom is 0.229 e. The van der Waals surface area contributed by atoms with Gasteiger partial charge in [0.05, 0.1) is 15.6 Å². The quantitative estimate of drug-likeness (QED) is 0.528. The van der Waals surface area contributed by atoms with Crippen molar-refractivity contribution >= 4 is 38.0 Å². The lowest BCUT2D eigenvalue weighted by atomic mass is 10.3. The third kappa shape index (κ3) is 3.52. The maximum absolute atomic E-state index is 12.5. The van der Waals surface area contributed by atoms with Crippen LogP contribution in [0.25, 0.3) is 0 Å². The number of para-hydroxylation sites is 1. The number of halogens is 1. The molecule has 0 bridgehead atoms. The summed E-state index contributed by atoms with van der Waals surface area (Å²) in [6, 6.07) is 14.3. The Balaban J connectivity index is 2.41. The number of carbonyl (C=O) groups excluding carboxylic acids is 1. The fourth-order valence-corrected chi connectivity index (χ4v) is 3.16. The van der Waals surface area contributed by atoms with Crippen molar-refractivity contribution < 1.29 is 13.2 Å². The number of sulfone groups is 1. The Labute approximate surface area is 133 Å². The molecule has 5 nitrogen and oxygen atoms in total. The van der Waals surface area contributed by atoms with Gasteiger partial charge in [0.25, 0.3) is 0 Å². The summed E-state index contributed by atoms with van der Waals surface area (Å²) in [6.07, 6.45) is 0. The Hall–Kier alpha value is -2.18. The molecule has 0 aromatic heterocycles. The van der Waals surface area contributed by atoms with E-state index in [9.17, 15) is 13.2 Å². The molecule has 1 N–H and O–H groups in total. The third-order valence-electron chi connectivity index (χ3n) is 2.76. The maximum atomic E-state index is 12.5. The zero-order valence-electron chi connectivity index (χ0n) is 11.7. The number of hydrogen-bond donors (Lipinski definition) is 1. The minimum Gasteiger partial charge on any atom is -0.292 e. The summed E-state index contributed by atoms with van der Waals surface area (Å²) >= 11 is 5.95. The Bertz CT molecular complexity index is 818. The molecule has 0 amide bonds. The molecule has 0 heterocycles. The molecular weight excluding hydrogens is 324 g/mol. The van der Waals surface area contributed by atoms with Gasteiger partial charge >= 0.3 is 0 Å². The first-order valence-electron chi connectivity index (χ1n) is 6.32. The lowest BCUT2D eigenvalue weighted by Gasteiger charge is -2.07. The molecule has 0 saturated carbocycles. The second-order valence-corrected chi connectivity index (χ2v) is 6.65. The smallest absolute Gasteiger partial charge is 0.229 e. The number of ketones is 1. The first-order chi connectivity index (χ1) is 10.4. The molecule has 22 heavy (non-hydrogen) atoms. The number of nitrogens with zero attached hydrogens (tertiary/aromatic N) is 1. The van der Waals surface area contributed by atoms with Crippen LogP contribution in [0.2, 0.25) is 5.02 Å². The van der Waals surface area contributed by atoms with E-state index in [1.807, 2.05) is 0 Å². The number of benzene rings is 2. The summed E-state index contributed by atoms with van der Waals surface area (Å²) in [5.74, 6) is -0.664. The Morgan fingerprint density at radius 3 is 2.23 bits per heavy atom. The number of hydrogen-bond acceptors (Lipinski definition) is 5. The Kier molecular flexibility index (Phi) is 4.95. The predicted molar refractivity (Wildman–Crippen MR) is 86.8 cm³/mol. The van der Waals surface area contributed by atoms with Crippen LogP contribution in [-0.2, 0) is 14.6 Å². The van der Waals surface area contributed by atoms with Crippen LogP contribution in [0.15, 0.2) is 64.6 Å². The van der Waals surface area contributed by atoms with Gasteiger partial charge in [-0.05, 0) is 24.3 Å². The van der Waals surface area contributed by atoms with Crippen LogP contribution < -0.4 is 5.43 Å². The number of hydrazone groups is 1. The zero-order valence-corrected chi connectivity index (χ0v) is 13.2. The summed E-state index contributed by atoms with van der Waals surface area (Å²) in [5, 5.41) is 3.54. The van der Waals surface area contributed by atoms with E-state index in [2.05, 4.69) is 10.5 Å². The predicted octanol–water partition coefficient (Wildman–Crippen LogP) is 3.13. The standard InChI is InChI=1S/C15H13ClN2O3S/c1-11(19)15(18-17-14-10-6-5-9-13(14)16)22(20,21)12-7-3-2-4-8-12/h2-10,17H,1H3. The molecule has 0 aliphatic carbocycles. The monoisotopic (exact) mass is 336 g/mol. The van der Waals surface area contributed by atoms with Crippen LogP contribution in [0.5, 0.6) is 0 Å². The normalized spacial score (nSPS) is 12.0. The largest absolute Gasteiger partial charge is 0.292 e. The van der Waals surface area contributed by atoms with Crippen LogP contribution in [-0.4, -0.2) is 19.2 Å². The van der Waals surface area contributed by atoms with Crippen molar-refractivity contribution in [3.8, 4) is 0 Å². The number of carbonyl (C=O) groups is 1. The van der Waals surface area contributed by atoms with Gasteiger partial charge < -0.3 is 0 Å². The molecule has 0 aliphatic rings.